The molecule has 0 rings (SSSR count). The van der Waals surface area contributed by atoms with E-state index in [0.717, 1.165) is 6.92 Å². The Morgan fingerprint density at radius 3 is 1.60 bits per heavy atom. The highest BCUT2D eigenvalue weighted by Crippen LogP contribution is 2.45. The van der Waals surface area contributed by atoms with Gasteiger partial charge in [-0.05, 0) is 20.3 Å². The van der Waals surface area contributed by atoms with Crippen molar-refractivity contribution < 1.29 is 68.1 Å². The number of halogens is 9. The van der Waals surface area contributed by atoms with Crippen LogP contribution in [0.3, 0.4) is 0 Å². The molecule has 0 aliphatic heterocycles. The number of alkyl halides is 9. The average molecular weight is 464 g/mol. The van der Waals surface area contributed by atoms with Crippen molar-refractivity contribution in [3.05, 3.63) is 0 Å². The Labute approximate surface area is 163 Å². The number of rotatable bonds is 8. The summed E-state index contributed by atoms with van der Waals surface area (Å²) in [6, 6.07) is 0. The molecule has 0 heterocycles. The van der Waals surface area contributed by atoms with Crippen molar-refractivity contribution in [1.82, 2.24) is 0 Å². The molecule has 1 unspecified atom stereocenters. The third-order valence-electron chi connectivity index (χ3n) is 3.93. The van der Waals surface area contributed by atoms with Crippen LogP contribution in [0, 0.1) is 5.41 Å². The Hall–Kier alpha value is -2.22. The first-order valence-electron chi connectivity index (χ1n) is 7.93. The molecular weight excluding hydrogens is 447 g/mol. The van der Waals surface area contributed by atoms with Gasteiger partial charge in [0.15, 0.2) is 13.2 Å². The number of carbonyl (C=O) groups is 3. The molecule has 0 aromatic rings. The van der Waals surface area contributed by atoms with Crippen molar-refractivity contribution in [2.24, 2.45) is 5.41 Å². The van der Waals surface area contributed by atoms with E-state index in [-0.39, 0.29) is 6.42 Å². The third-order valence-corrected chi connectivity index (χ3v) is 3.93. The van der Waals surface area contributed by atoms with Crippen molar-refractivity contribution >= 4 is 17.9 Å². The lowest BCUT2D eigenvalue weighted by Crippen LogP contribution is -2.57. The summed E-state index contributed by atoms with van der Waals surface area (Å²) in [6.45, 7) is -1.78. The highest BCUT2D eigenvalue weighted by molar-refractivity contribution is 5.84. The quantitative estimate of drug-likeness (QED) is 0.308. The predicted octanol–water partition coefficient (Wildman–Crippen LogP) is 3.87. The van der Waals surface area contributed by atoms with Crippen molar-refractivity contribution in [1.29, 1.82) is 0 Å². The molecule has 0 saturated carbocycles. The van der Waals surface area contributed by atoms with Gasteiger partial charge in [0.25, 0.3) is 5.60 Å². The van der Waals surface area contributed by atoms with Crippen molar-refractivity contribution in [3.8, 4) is 0 Å². The van der Waals surface area contributed by atoms with Gasteiger partial charge < -0.3 is 14.2 Å². The molecule has 0 bridgehead atoms. The van der Waals surface area contributed by atoms with E-state index in [1.54, 1.807) is 0 Å². The van der Waals surface area contributed by atoms with Crippen LogP contribution < -0.4 is 0 Å². The highest BCUT2D eigenvalue weighted by atomic mass is 19.4. The molecule has 30 heavy (non-hydrogen) atoms. The van der Waals surface area contributed by atoms with E-state index < -0.39 is 74.0 Å². The smallest absolute Gasteiger partial charge is 0.437 e. The SMILES string of the molecule is CCC(C)(CC(=O)OCC(F)(F)F)C(=O)OCC(=O)OC(C)(C(F)(F)F)C(F)(F)F. The van der Waals surface area contributed by atoms with Gasteiger partial charge in [-0.25, -0.2) is 4.79 Å². The molecule has 15 heteroatoms. The Morgan fingerprint density at radius 2 is 1.23 bits per heavy atom. The molecule has 0 radical (unpaired) electrons. The Morgan fingerprint density at radius 1 is 0.767 bits per heavy atom. The lowest BCUT2D eigenvalue weighted by Gasteiger charge is -2.33. The number of carbonyl (C=O) groups excluding carboxylic acids is 3. The summed E-state index contributed by atoms with van der Waals surface area (Å²) in [7, 11) is 0. The lowest BCUT2D eigenvalue weighted by atomic mass is 9.84. The largest absolute Gasteiger partial charge is 0.456 e. The zero-order valence-electron chi connectivity index (χ0n) is 15.7. The fourth-order valence-electron chi connectivity index (χ4n) is 1.71. The molecule has 0 aliphatic rings. The topological polar surface area (TPSA) is 78.9 Å². The minimum Gasteiger partial charge on any atom is -0.456 e. The van der Waals surface area contributed by atoms with E-state index in [4.69, 9.17) is 0 Å². The molecule has 0 aromatic heterocycles. The summed E-state index contributed by atoms with van der Waals surface area (Å²) in [5.41, 5.74) is -6.75. The van der Waals surface area contributed by atoms with Gasteiger partial charge >= 0.3 is 36.4 Å². The Bertz CT molecular complexity index is 624. The van der Waals surface area contributed by atoms with Gasteiger partial charge in [0.2, 0.25) is 0 Å². The average Bonchev–Trinajstić information content (AvgIpc) is 2.54. The highest BCUT2D eigenvalue weighted by Gasteiger charge is 2.71. The van der Waals surface area contributed by atoms with E-state index in [1.807, 2.05) is 0 Å². The molecular formula is C15H17F9O6. The summed E-state index contributed by atoms with van der Waals surface area (Å²) >= 11 is 0. The number of hydrogen-bond donors (Lipinski definition) is 0. The summed E-state index contributed by atoms with van der Waals surface area (Å²) in [6.07, 6.45) is -18.1. The molecule has 0 fully saturated rings. The van der Waals surface area contributed by atoms with Crippen LogP contribution in [-0.4, -0.2) is 55.3 Å². The maximum absolute atomic E-state index is 12.7. The first-order chi connectivity index (χ1) is 13.2. The number of esters is 3. The van der Waals surface area contributed by atoms with Crippen LogP contribution in [0.1, 0.15) is 33.6 Å². The van der Waals surface area contributed by atoms with Crippen LogP contribution in [0.4, 0.5) is 39.5 Å². The van der Waals surface area contributed by atoms with Crippen LogP contribution in [-0.2, 0) is 28.6 Å². The van der Waals surface area contributed by atoms with E-state index in [2.05, 4.69) is 14.2 Å². The monoisotopic (exact) mass is 464 g/mol. The molecule has 6 nitrogen and oxygen atoms in total. The van der Waals surface area contributed by atoms with E-state index in [0.29, 0.717) is 0 Å². The van der Waals surface area contributed by atoms with Gasteiger partial charge in [0.05, 0.1) is 11.8 Å². The zero-order valence-corrected chi connectivity index (χ0v) is 15.7. The molecule has 0 saturated heterocycles. The van der Waals surface area contributed by atoms with Crippen molar-refractivity contribution in [3.63, 3.8) is 0 Å². The lowest BCUT2D eigenvalue weighted by molar-refractivity contribution is -0.363. The maximum Gasteiger partial charge on any atom is 0.437 e. The molecule has 0 amide bonds. The zero-order chi connectivity index (χ0) is 24.2. The molecule has 176 valence electrons. The van der Waals surface area contributed by atoms with Gasteiger partial charge in [0.1, 0.15) is 0 Å². The van der Waals surface area contributed by atoms with E-state index in [9.17, 15) is 53.9 Å². The standard InChI is InChI=1S/C15H17F9O6/c1-4-11(2,5-8(25)29-7-13(16,17)18)10(27)28-6-9(26)30-12(3,14(19,20)21)15(22,23)24/h4-7H2,1-3H3. The first-order valence-corrected chi connectivity index (χ1v) is 7.93. The van der Waals surface area contributed by atoms with Crippen molar-refractivity contribution in [2.45, 2.75) is 57.7 Å². The van der Waals surface area contributed by atoms with Crippen LogP contribution >= 0.6 is 0 Å². The van der Waals surface area contributed by atoms with Gasteiger partial charge in [-0.15, -0.1) is 0 Å². The molecule has 1 atom stereocenters. The fourth-order valence-corrected chi connectivity index (χ4v) is 1.71. The number of hydrogen-bond acceptors (Lipinski definition) is 6. The number of ether oxygens (including phenoxy) is 3. The summed E-state index contributed by atoms with van der Waals surface area (Å²) in [4.78, 5) is 34.8. The molecule has 0 aromatic carbocycles. The van der Waals surface area contributed by atoms with Crippen LogP contribution in [0.5, 0.6) is 0 Å². The van der Waals surface area contributed by atoms with Gasteiger partial charge in [0, 0.05) is 0 Å². The van der Waals surface area contributed by atoms with Crippen molar-refractivity contribution in [2.75, 3.05) is 13.2 Å². The summed E-state index contributed by atoms with van der Waals surface area (Å²) in [5, 5.41) is 0. The van der Waals surface area contributed by atoms with Gasteiger partial charge in [-0.2, -0.15) is 39.5 Å². The van der Waals surface area contributed by atoms with Crippen LogP contribution in [0.15, 0.2) is 0 Å². The Balaban J connectivity index is 5.06. The van der Waals surface area contributed by atoms with E-state index in [1.165, 1.54) is 6.92 Å². The molecule has 0 aliphatic carbocycles. The Kier molecular flexibility index (Phi) is 8.60. The summed E-state index contributed by atoms with van der Waals surface area (Å²) < 4.78 is 124. The predicted molar refractivity (Wildman–Crippen MR) is 77.6 cm³/mol. The second kappa shape index (κ2) is 9.29. The van der Waals surface area contributed by atoms with Crippen LogP contribution in [0.2, 0.25) is 0 Å². The minimum atomic E-state index is -6.04. The fraction of sp³-hybridized carbons (Fsp3) is 0.800. The van der Waals surface area contributed by atoms with E-state index >= 15 is 0 Å². The normalized spacial score (nSPS) is 15.2. The second-order valence-electron chi connectivity index (χ2n) is 6.45. The van der Waals surface area contributed by atoms with Gasteiger partial charge in [-0.1, -0.05) is 6.92 Å². The maximum atomic E-state index is 12.7. The van der Waals surface area contributed by atoms with Crippen LogP contribution in [0.25, 0.3) is 0 Å². The third kappa shape index (κ3) is 7.55. The molecule has 0 spiro atoms. The molecule has 0 N–H and O–H groups in total. The first kappa shape index (κ1) is 27.8. The second-order valence-corrected chi connectivity index (χ2v) is 6.45. The van der Waals surface area contributed by atoms with Gasteiger partial charge in [-0.3, -0.25) is 9.59 Å². The summed E-state index contributed by atoms with van der Waals surface area (Å²) in [5.74, 6) is -5.12. The minimum absolute atomic E-state index is 0.259.